The molecule has 1 aromatic carbocycles. The van der Waals surface area contributed by atoms with Crippen LogP contribution in [-0.2, 0) is 6.54 Å². The second kappa shape index (κ2) is 7.01. The summed E-state index contributed by atoms with van der Waals surface area (Å²) in [5.74, 6) is 0.639. The van der Waals surface area contributed by atoms with Crippen molar-refractivity contribution >= 4 is 17.3 Å². The fraction of sp³-hybridized carbons (Fsp3) is 0.600. The van der Waals surface area contributed by atoms with Gasteiger partial charge in [0.25, 0.3) is 0 Å². The Hall–Kier alpha value is -0.730. The molecule has 0 aliphatic rings. The van der Waals surface area contributed by atoms with Crippen LogP contribution < -0.4 is 10.2 Å². The molecule has 0 bridgehead atoms. The molecule has 0 aliphatic heterocycles. The molecule has 1 N–H and O–H groups in total. The van der Waals surface area contributed by atoms with Crippen molar-refractivity contribution in [2.24, 2.45) is 5.92 Å². The maximum atomic E-state index is 6.33. The number of nitrogens with zero attached hydrogens (tertiary/aromatic N) is 1. The highest BCUT2D eigenvalue weighted by molar-refractivity contribution is 6.31. The monoisotopic (exact) mass is 268 g/mol. The van der Waals surface area contributed by atoms with Gasteiger partial charge in [0.05, 0.1) is 0 Å². The van der Waals surface area contributed by atoms with Crippen LogP contribution in [0.15, 0.2) is 18.2 Å². The summed E-state index contributed by atoms with van der Waals surface area (Å²) in [6.07, 6.45) is 0. The summed E-state index contributed by atoms with van der Waals surface area (Å²) >= 11 is 6.33. The van der Waals surface area contributed by atoms with Crippen molar-refractivity contribution in [2.75, 3.05) is 18.5 Å². The summed E-state index contributed by atoms with van der Waals surface area (Å²) in [5.41, 5.74) is 2.42. The van der Waals surface area contributed by atoms with Crippen molar-refractivity contribution in [1.82, 2.24) is 5.32 Å². The van der Waals surface area contributed by atoms with E-state index in [4.69, 9.17) is 11.6 Å². The second-order valence-electron chi connectivity index (χ2n) is 5.55. The van der Waals surface area contributed by atoms with Gasteiger partial charge in [-0.15, -0.1) is 0 Å². The highest BCUT2D eigenvalue weighted by Gasteiger charge is 2.12. The first-order chi connectivity index (χ1) is 8.41. The average Bonchev–Trinajstić information content (AvgIpc) is 2.25. The van der Waals surface area contributed by atoms with Crippen LogP contribution in [0.4, 0.5) is 5.69 Å². The van der Waals surface area contributed by atoms with Gasteiger partial charge >= 0.3 is 0 Å². The third kappa shape index (κ3) is 4.51. The summed E-state index contributed by atoms with van der Waals surface area (Å²) < 4.78 is 0. The van der Waals surface area contributed by atoms with E-state index < -0.39 is 0 Å². The largest absolute Gasteiger partial charge is 0.374 e. The van der Waals surface area contributed by atoms with E-state index in [9.17, 15) is 0 Å². The first kappa shape index (κ1) is 15.3. The Kier molecular flexibility index (Phi) is 5.97. The van der Waals surface area contributed by atoms with Crippen molar-refractivity contribution in [3.05, 3.63) is 28.8 Å². The normalized spacial score (nSPS) is 11.3. The topological polar surface area (TPSA) is 15.3 Å². The first-order valence-electron chi connectivity index (χ1n) is 6.63. The van der Waals surface area contributed by atoms with E-state index in [1.807, 2.05) is 12.1 Å². The lowest BCUT2D eigenvalue weighted by Crippen LogP contribution is -2.27. The van der Waals surface area contributed by atoms with E-state index in [0.717, 1.165) is 18.1 Å². The number of rotatable bonds is 6. The van der Waals surface area contributed by atoms with Crippen molar-refractivity contribution in [3.63, 3.8) is 0 Å². The molecule has 0 aliphatic carbocycles. The van der Waals surface area contributed by atoms with Crippen molar-refractivity contribution in [2.45, 2.75) is 40.3 Å². The molecule has 18 heavy (non-hydrogen) atoms. The summed E-state index contributed by atoms with van der Waals surface area (Å²) in [6.45, 7) is 10.6. The van der Waals surface area contributed by atoms with Gasteiger partial charge in [-0.25, -0.2) is 0 Å². The third-order valence-corrected chi connectivity index (χ3v) is 3.19. The quantitative estimate of drug-likeness (QED) is 0.841. The molecular weight excluding hydrogens is 244 g/mol. The Bertz CT molecular complexity index is 375. The van der Waals surface area contributed by atoms with Gasteiger partial charge in [0.15, 0.2) is 0 Å². The molecule has 0 radical (unpaired) electrons. The van der Waals surface area contributed by atoms with E-state index in [1.54, 1.807) is 0 Å². The number of halogens is 1. The molecule has 1 aromatic rings. The van der Waals surface area contributed by atoms with E-state index in [2.05, 4.69) is 51.0 Å². The van der Waals surface area contributed by atoms with Gasteiger partial charge in [0, 0.05) is 42.5 Å². The molecule has 0 saturated heterocycles. The van der Waals surface area contributed by atoms with Gasteiger partial charge in [0.1, 0.15) is 0 Å². The molecule has 1 rings (SSSR count). The predicted octanol–water partition coefficient (Wildman–Crippen LogP) is 3.93. The Labute approximate surface area is 116 Å². The van der Waals surface area contributed by atoms with Crippen LogP contribution in [0, 0.1) is 5.92 Å². The van der Waals surface area contributed by atoms with Crippen LogP contribution in [0.2, 0.25) is 5.02 Å². The SMILES string of the molecule is CC(C)CN(C)c1cccc(Cl)c1CNC(C)C. The number of nitrogens with one attached hydrogen (secondary N) is 1. The molecule has 0 spiro atoms. The Morgan fingerprint density at radius 3 is 2.44 bits per heavy atom. The maximum absolute atomic E-state index is 6.33. The number of hydrogen-bond acceptors (Lipinski definition) is 2. The third-order valence-electron chi connectivity index (χ3n) is 2.83. The zero-order valence-corrected chi connectivity index (χ0v) is 12.9. The van der Waals surface area contributed by atoms with Gasteiger partial charge in [-0.05, 0) is 18.1 Å². The van der Waals surface area contributed by atoms with Gasteiger partial charge in [-0.2, -0.15) is 0 Å². The lowest BCUT2D eigenvalue weighted by atomic mass is 10.1. The minimum atomic E-state index is 0.463. The van der Waals surface area contributed by atoms with Crippen molar-refractivity contribution in [1.29, 1.82) is 0 Å². The van der Waals surface area contributed by atoms with Crippen LogP contribution in [0.1, 0.15) is 33.3 Å². The number of anilines is 1. The fourth-order valence-corrected chi connectivity index (χ4v) is 2.27. The van der Waals surface area contributed by atoms with Crippen molar-refractivity contribution < 1.29 is 0 Å². The molecule has 0 fully saturated rings. The van der Waals surface area contributed by atoms with E-state index >= 15 is 0 Å². The summed E-state index contributed by atoms with van der Waals surface area (Å²) in [4.78, 5) is 2.29. The predicted molar refractivity (Wildman–Crippen MR) is 81.5 cm³/mol. The Morgan fingerprint density at radius 2 is 1.89 bits per heavy atom. The minimum absolute atomic E-state index is 0.463. The van der Waals surface area contributed by atoms with Gasteiger partial charge < -0.3 is 10.2 Å². The molecular formula is C15H25ClN2. The van der Waals surface area contributed by atoms with Crippen LogP contribution in [0.5, 0.6) is 0 Å². The fourth-order valence-electron chi connectivity index (χ4n) is 2.03. The molecule has 3 heteroatoms. The number of hydrogen-bond donors (Lipinski definition) is 1. The Balaban J connectivity index is 2.92. The maximum Gasteiger partial charge on any atom is 0.0471 e. The van der Waals surface area contributed by atoms with E-state index in [0.29, 0.717) is 12.0 Å². The van der Waals surface area contributed by atoms with E-state index in [1.165, 1.54) is 11.3 Å². The highest BCUT2D eigenvalue weighted by atomic mass is 35.5. The van der Waals surface area contributed by atoms with Crippen LogP contribution >= 0.6 is 11.6 Å². The summed E-state index contributed by atoms with van der Waals surface area (Å²) in [5, 5.41) is 4.28. The van der Waals surface area contributed by atoms with Gasteiger partial charge in [-0.1, -0.05) is 45.4 Å². The standard InChI is InChI=1S/C15H25ClN2/c1-11(2)10-18(5)15-8-6-7-14(16)13(15)9-17-12(3)4/h6-8,11-12,17H,9-10H2,1-5H3. The molecule has 0 saturated carbocycles. The zero-order chi connectivity index (χ0) is 13.7. The average molecular weight is 269 g/mol. The van der Waals surface area contributed by atoms with Crippen LogP contribution in [0.25, 0.3) is 0 Å². The molecule has 0 aromatic heterocycles. The highest BCUT2D eigenvalue weighted by Crippen LogP contribution is 2.27. The molecule has 0 heterocycles. The number of benzene rings is 1. The summed E-state index contributed by atoms with van der Waals surface area (Å²) in [6, 6.07) is 6.59. The van der Waals surface area contributed by atoms with Gasteiger partial charge in [-0.3, -0.25) is 0 Å². The lowest BCUT2D eigenvalue weighted by molar-refractivity contribution is 0.585. The Morgan fingerprint density at radius 1 is 1.22 bits per heavy atom. The zero-order valence-electron chi connectivity index (χ0n) is 12.1. The van der Waals surface area contributed by atoms with Crippen molar-refractivity contribution in [3.8, 4) is 0 Å². The smallest absolute Gasteiger partial charge is 0.0471 e. The van der Waals surface area contributed by atoms with Crippen LogP contribution in [0.3, 0.4) is 0 Å². The molecule has 0 unspecified atom stereocenters. The lowest BCUT2D eigenvalue weighted by Gasteiger charge is -2.25. The minimum Gasteiger partial charge on any atom is -0.374 e. The molecule has 2 nitrogen and oxygen atoms in total. The second-order valence-corrected chi connectivity index (χ2v) is 5.95. The molecule has 0 atom stereocenters. The van der Waals surface area contributed by atoms with Crippen LogP contribution in [-0.4, -0.2) is 19.6 Å². The first-order valence-corrected chi connectivity index (χ1v) is 7.01. The molecule has 0 amide bonds. The van der Waals surface area contributed by atoms with E-state index in [-0.39, 0.29) is 0 Å². The molecule has 102 valence electrons. The van der Waals surface area contributed by atoms with Gasteiger partial charge in [0.2, 0.25) is 0 Å². The summed E-state index contributed by atoms with van der Waals surface area (Å²) in [7, 11) is 2.13.